The van der Waals surface area contributed by atoms with Gasteiger partial charge in [-0.1, -0.05) is 13.3 Å². The van der Waals surface area contributed by atoms with E-state index in [4.69, 9.17) is 0 Å². The molecule has 0 aromatic carbocycles. The summed E-state index contributed by atoms with van der Waals surface area (Å²) < 4.78 is 22.7. The third-order valence-electron chi connectivity index (χ3n) is 2.95. The van der Waals surface area contributed by atoms with E-state index >= 15 is 0 Å². The largest absolute Gasteiger partial charge is 0.311 e. The monoisotopic (exact) mass is 269 g/mol. The normalized spacial score (nSPS) is 15.4. The van der Waals surface area contributed by atoms with Crippen molar-refractivity contribution in [1.29, 1.82) is 0 Å². The third kappa shape index (κ3) is 3.26. The molecule has 1 aromatic heterocycles. The fourth-order valence-corrected chi connectivity index (χ4v) is 2.83. The van der Waals surface area contributed by atoms with Crippen LogP contribution in [0.5, 0.6) is 0 Å². The summed E-state index contributed by atoms with van der Waals surface area (Å²) in [4.78, 5) is 8.83. The maximum atomic E-state index is 11.3. The van der Waals surface area contributed by atoms with Gasteiger partial charge in [-0.25, -0.2) is 18.4 Å². The lowest BCUT2D eigenvalue weighted by molar-refractivity contribution is 0.593. The van der Waals surface area contributed by atoms with Crippen LogP contribution in [0.1, 0.15) is 36.1 Å². The van der Waals surface area contributed by atoms with Gasteiger partial charge in [0.2, 0.25) is 0 Å². The first-order valence-electron chi connectivity index (χ1n) is 6.25. The molecular weight excluding hydrogens is 250 g/mol. The Labute approximate surface area is 108 Å². The summed E-state index contributed by atoms with van der Waals surface area (Å²) in [5.41, 5.74) is 3.22. The van der Waals surface area contributed by atoms with Gasteiger partial charge in [0, 0.05) is 18.5 Å². The van der Waals surface area contributed by atoms with Crippen LogP contribution in [0.3, 0.4) is 0 Å². The Morgan fingerprint density at radius 1 is 1.33 bits per heavy atom. The minimum absolute atomic E-state index is 0.0724. The van der Waals surface area contributed by atoms with E-state index in [-0.39, 0.29) is 5.75 Å². The fraction of sp³-hybridized carbons (Fsp3) is 0.667. The van der Waals surface area contributed by atoms with Gasteiger partial charge < -0.3 is 5.32 Å². The molecule has 0 atom stereocenters. The number of nitrogens with one attached hydrogen (secondary N) is 1. The van der Waals surface area contributed by atoms with Crippen LogP contribution in [-0.2, 0) is 35.0 Å². The molecule has 0 amide bonds. The van der Waals surface area contributed by atoms with E-state index in [2.05, 4.69) is 22.2 Å². The molecule has 1 N–H and O–H groups in total. The molecule has 1 aromatic rings. The van der Waals surface area contributed by atoms with Crippen molar-refractivity contribution in [1.82, 2.24) is 15.3 Å². The van der Waals surface area contributed by atoms with Crippen LogP contribution in [0, 0.1) is 0 Å². The number of aryl methyl sites for hydroxylation is 1. The number of fused-ring (bicyclic) bond motifs is 1. The van der Waals surface area contributed by atoms with E-state index in [0.717, 1.165) is 37.2 Å². The van der Waals surface area contributed by atoms with Gasteiger partial charge >= 0.3 is 0 Å². The van der Waals surface area contributed by atoms with E-state index in [1.165, 1.54) is 11.8 Å². The van der Waals surface area contributed by atoms with Gasteiger partial charge in [-0.2, -0.15) is 0 Å². The molecule has 2 rings (SSSR count). The lowest BCUT2D eigenvalue weighted by atomic mass is 10.0. The van der Waals surface area contributed by atoms with Gasteiger partial charge in [-0.05, 0) is 24.9 Å². The Bertz CT molecular complexity index is 540. The molecule has 5 nitrogen and oxygen atoms in total. The van der Waals surface area contributed by atoms with E-state index in [9.17, 15) is 8.42 Å². The molecule has 100 valence electrons. The predicted octanol–water partition coefficient (Wildman–Crippen LogP) is 0.619. The van der Waals surface area contributed by atoms with Gasteiger partial charge in [0.1, 0.15) is 11.6 Å². The summed E-state index contributed by atoms with van der Waals surface area (Å²) in [5.74, 6) is 0.361. The second kappa shape index (κ2) is 5.32. The van der Waals surface area contributed by atoms with Gasteiger partial charge in [0.15, 0.2) is 9.84 Å². The minimum Gasteiger partial charge on any atom is -0.311 e. The molecule has 0 saturated carbocycles. The molecule has 18 heavy (non-hydrogen) atoms. The molecule has 0 fully saturated rings. The van der Waals surface area contributed by atoms with E-state index in [1.807, 2.05) is 0 Å². The van der Waals surface area contributed by atoms with Crippen LogP contribution in [0.15, 0.2) is 0 Å². The molecule has 0 aliphatic carbocycles. The molecule has 0 unspecified atom stereocenters. The van der Waals surface area contributed by atoms with Crippen LogP contribution in [-0.4, -0.2) is 31.2 Å². The molecule has 2 heterocycles. The van der Waals surface area contributed by atoms with E-state index in [1.54, 1.807) is 0 Å². The molecular formula is C12H19N3O2S. The smallest absolute Gasteiger partial charge is 0.154 e. The van der Waals surface area contributed by atoms with Crippen molar-refractivity contribution in [3.05, 3.63) is 22.8 Å². The summed E-state index contributed by atoms with van der Waals surface area (Å²) in [5, 5.41) is 3.26. The van der Waals surface area contributed by atoms with Gasteiger partial charge in [0.05, 0.1) is 5.69 Å². The predicted molar refractivity (Wildman–Crippen MR) is 70.0 cm³/mol. The molecule has 1 aliphatic heterocycles. The molecule has 6 heteroatoms. The molecule has 0 bridgehead atoms. The SMILES string of the molecule is CCCc1nc(CS(C)(=O)=O)nc2c1CCNC2. The van der Waals surface area contributed by atoms with Crippen molar-refractivity contribution in [2.45, 2.75) is 38.5 Å². The molecule has 0 saturated heterocycles. The zero-order valence-electron chi connectivity index (χ0n) is 10.9. The summed E-state index contributed by atoms with van der Waals surface area (Å²) in [6.45, 7) is 3.76. The Morgan fingerprint density at radius 2 is 2.11 bits per heavy atom. The Hall–Kier alpha value is -1.01. The topological polar surface area (TPSA) is 72.0 Å². The third-order valence-corrected chi connectivity index (χ3v) is 3.73. The summed E-state index contributed by atoms with van der Waals surface area (Å²) in [6.07, 6.45) is 4.05. The van der Waals surface area contributed by atoms with E-state index in [0.29, 0.717) is 12.4 Å². The highest BCUT2D eigenvalue weighted by molar-refractivity contribution is 7.89. The second-order valence-corrected chi connectivity index (χ2v) is 6.90. The lowest BCUT2D eigenvalue weighted by Gasteiger charge is -2.19. The van der Waals surface area contributed by atoms with Crippen LogP contribution in [0.2, 0.25) is 0 Å². The first kappa shape index (κ1) is 13.4. The van der Waals surface area contributed by atoms with Crippen LogP contribution in [0.4, 0.5) is 0 Å². The fourth-order valence-electron chi connectivity index (χ4n) is 2.24. The second-order valence-electron chi connectivity index (χ2n) is 4.76. The average Bonchev–Trinajstić information content (AvgIpc) is 2.27. The lowest BCUT2D eigenvalue weighted by Crippen LogP contribution is -2.27. The summed E-state index contributed by atoms with van der Waals surface area (Å²) in [6, 6.07) is 0. The quantitative estimate of drug-likeness (QED) is 0.867. The van der Waals surface area contributed by atoms with Crippen molar-refractivity contribution >= 4 is 9.84 Å². The van der Waals surface area contributed by atoms with Crippen molar-refractivity contribution in [3.63, 3.8) is 0 Å². The van der Waals surface area contributed by atoms with Gasteiger partial charge in [-0.15, -0.1) is 0 Å². The van der Waals surface area contributed by atoms with Crippen molar-refractivity contribution in [3.8, 4) is 0 Å². The Morgan fingerprint density at radius 3 is 2.78 bits per heavy atom. The summed E-state index contributed by atoms with van der Waals surface area (Å²) >= 11 is 0. The number of nitrogens with zero attached hydrogens (tertiary/aromatic N) is 2. The maximum absolute atomic E-state index is 11.3. The molecule has 0 radical (unpaired) electrons. The first-order chi connectivity index (χ1) is 8.49. The zero-order chi connectivity index (χ0) is 13.2. The highest BCUT2D eigenvalue weighted by Gasteiger charge is 2.18. The number of hydrogen-bond donors (Lipinski definition) is 1. The molecule has 0 spiro atoms. The Kier molecular flexibility index (Phi) is 3.97. The van der Waals surface area contributed by atoms with Crippen molar-refractivity contribution < 1.29 is 8.42 Å². The Balaban J connectivity index is 2.41. The van der Waals surface area contributed by atoms with Gasteiger partial charge in [0.25, 0.3) is 0 Å². The highest BCUT2D eigenvalue weighted by atomic mass is 32.2. The molecule has 1 aliphatic rings. The van der Waals surface area contributed by atoms with Crippen LogP contribution >= 0.6 is 0 Å². The number of rotatable bonds is 4. The van der Waals surface area contributed by atoms with Crippen LogP contribution < -0.4 is 5.32 Å². The minimum atomic E-state index is -3.08. The zero-order valence-corrected chi connectivity index (χ0v) is 11.7. The van der Waals surface area contributed by atoms with Gasteiger partial charge in [-0.3, -0.25) is 0 Å². The first-order valence-corrected chi connectivity index (χ1v) is 8.31. The number of aromatic nitrogens is 2. The summed E-state index contributed by atoms with van der Waals surface area (Å²) in [7, 11) is -3.08. The maximum Gasteiger partial charge on any atom is 0.154 e. The van der Waals surface area contributed by atoms with Crippen molar-refractivity contribution in [2.24, 2.45) is 0 Å². The number of hydrogen-bond acceptors (Lipinski definition) is 5. The van der Waals surface area contributed by atoms with E-state index < -0.39 is 9.84 Å². The average molecular weight is 269 g/mol. The number of sulfone groups is 1. The van der Waals surface area contributed by atoms with Crippen molar-refractivity contribution in [2.75, 3.05) is 12.8 Å². The standard InChI is InChI=1S/C12H19N3O2S/c1-3-4-10-9-5-6-13-7-11(9)15-12(14-10)8-18(2,16)17/h13H,3-8H2,1-2H3. The highest BCUT2D eigenvalue weighted by Crippen LogP contribution is 2.18. The van der Waals surface area contributed by atoms with Crippen LogP contribution in [0.25, 0.3) is 0 Å².